The number of carbonyl (C=O) groups is 2. The Labute approximate surface area is 251 Å². The smallest absolute Gasteiger partial charge is 0.243 e. The predicted molar refractivity (Wildman–Crippen MR) is 171 cm³/mol. The second-order valence-corrected chi connectivity index (χ2v) is 12.3. The molecule has 3 heterocycles. The van der Waals surface area contributed by atoms with Crippen LogP contribution in [0.5, 0.6) is 0 Å². The van der Waals surface area contributed by atoms with Gasteiger partial charge in [-0.15, -0.1) is 0 Å². The molecule has 7 heteroatoms. The van der Waals surface area contributed by atoms with Crippen LogP contribution in [-0.4, -0.2) is 71.4 Å². The summed E-state index contributed by atoms with van der Waals surface area (Å²) in [5.74, 6) is -0.440. The number of rotatable bonds is 11. The van der Waals surface area contributed by atoms with Crippen LogP contribution in [0, 0.1) is 0 Å². The van der Waals surface area contributed by atoms with Crippen LogP contribution in [-0.2, 0) is 29.0 Å². The van der Waals surface area contributed by atoms with Gasteiger partial charge in [-0.3, -0.25) is 14.5 Å². The number of carbonyl (C=O) groups excluding carboxylic acids is 2. The van der Waals surface area contributed by atoms with Gasteiger partial charge in [-0.1, -0.05) is 63.6 Å². The summed E-state index contributed by atoms with van der Waals surface area (Å²) in [7, 11) is 0. The average molecular weight is 572 g/mol. The van der Waals surface area contributed by atoms with Crippen LogP contribution in [0.25, 0.3) is 10.9 Å². The number of para-hydroxylation sites is 1. The van der Waals surface area contributed by atoms with Crippen molar-refractivity contribution in [2.75, 3.05) is 32.7 Å². The fourth-order valence-electron chi connectivity index (χ4n) is 6.98. The summed E-state index contributed by atoms with van der Waals surface area (Å²) in [6, 6.07) is 14.6. The molecule has 0 radical (unpaired) electrons. The minimum absolute atomic E-state index is 0.0844. The Balaban J connectivity index is 1.25. The molecule has 2 aliphatic rings. The monoisotopic (exact) mass is 571 g/mol. The average Bonchev–Trinajstić information content (AvgIpc) is 3.47. The molecule has 42 heavy (non-hydrogen) atoms. The van der Waals surface area contributed by atoms with E-state index in [0.29, 0.717) is 19.1 Å². The van der Waals surface area contributed by atoms with Gasteiger partial charge in [0.25, 0.3) is 0 Å². The molecule has 7 nitrogen and oxygen atoms in total. The first-order chi connectivity index (χ1) is 20.5. The third-order valence-corrected chi connectivity index (χ3v) is 9.54. The Morgan fingerprint density at radius 2 is 1.69 bits per heavy atom. The highest BCUT2D eigenvalue weighted by Gasteiger charge is 2.31. The van der Waals surface area contributed by atoms with Crippen molar-refractivity contribution in [1.82, 2.24) is 25.4 Å². The van der Waals surface area contributed by atoms with Crippen molar-refractivity contribution in [2.24, 2.45) is 0 Å². The number of hydrogen-bond donors (Lipinski definition) is 3. The van der Waals surface area contributed by atoms with Gasteiger partial charge >= 0.3 is 0 Å². The van der Waals surface area contributed by atoms with Crippen LogP contribution in [0.3, 0.4) is 0 Å². The molecule has 2 amide bonds. The third-order valence-electron chi connectivity index (χ3n) is 9.54. The number of hydrogen-bond acceptors (Lipinski definition) is 4. The molecular weight excluding hydrogens is 522 g/mol. The lowest BCUT2D eigenvalue weighted by atomic mass is 9.92. The van der Waals surface area contributed by atoms with Crippen LogP contribution in [0.15, 0.2) is 48.7 Å². The lowest BCUT2D eigenvalue weighted by molar-refractivity contribution is -0.130. The summed E-state index contributed by atoms with van der Waals surface area (Å²) in [6.07, 6.45) is 10.1. The molecule has 5 rings (SSSR count). The van der Waals surface area contributed by atoms with Crippen LogP contribution in [0.4, 0.5) is 0 Å². The van der Waals surface area contributed by atoms with Gasteiger partial charge in [0.05, 0.1) is 6.54 Å². The Morgan fingerprint density at radius 1 is 0.952 bits per heavy atom. The van der Waals surface area contributed by atoms with Crippen molar-refractivity contribution >= 4 is 22.7 Å². The van der Waals surface area contributed by atoms with Crippen LogP contribution < -0.4 is 10.6 Å². The van der Waals surface area contributed by atoms with Crippen molar-refractivity contribution in [1.29, 1.82) is 0 Å². The van der Waals surface area contributed by atoms with Gasteiger partial charge in [0.1, 0.15) is 6.04 Å². The predicted octanol–water partition coefficient (Wildman–Crippen LogP) is 5.15. The minimum atomic E-state index is -0.678. The Bertz CT molecular complexity index is 1340. The molecule has 0 saturated carbocycles. The first-order valence-corrected chi connectivity index (χ1v) is 16.2. The van der Waals surface area contributed by atoms with E-state index in [0.717, 1.165) is 60.8 Å². The summed E-state index contributed by atoms with van der Waals surface area (Å²) in [5.41, 5.74) is 5.83. The molecule has 2 fully saturated rings. The van der Waals surface area contributed by atoms with Gasteiger partial charge in [-0.25, -0.2) is 0 Å². The summed E-state index contributed by atoms with van der Waals surface area (Å²) < 4.78 is 0. The number of likely N-dealkylation sites (tertiary alicyclic amines) is 2. The number of fused-ring (bicyclic) bond motifs is 1. The zero-order chi connectivity index (χ0) is 29.5. The van der Waals surface area contributed by atoms with E-state index in [1.807, 2.05) is 31.3 Å². The highest BCUT2D eigenvalue weighted by molar-refractivity contribution is 5.91. The van der Waals surface area contributed by atoms with E-state index in [9.17, 15) is 9.59 Å². The zero-order valence-corrected chi connectivity index (χ0v) is 25.8. The van der Waals surface area contributed by atoms with Crippen molar-refractivity contribution in [2.45, 2.75) is 90.3 Å². The lowest BCUT2D eigenvalue weighted by Gasteiger charge is -2.40. The van der Waals surface area contributed by atoms with E-state index >= 15 is 0 Å². The standard InChI is InChI=1S/C35H49N5O2/c1-4-27-14-13-26(21-28(27)5-2)22-37-35(42)34(25(3)31-23-36-32-12-8-7-11-30(31)32)38-33(41)24-39-19-15-29(16-20-39)40-17-9-6-10-18-40/h7-8,11-14,21,23,25,29,34,36H,4-6,9-10,15-20,22,24H2,1-3H3,(H,37,42)(H,38,41). The van der Waals surface area contributed by atoms with E-state index in [1.54, 1.807) is 0 Å². The second kappa shape index (κ2) is 14.3. The summed E-state index contributed by atoms with van der Waals surface area (Å²) >= 11 is 0. The molecule has 2 aliphatic heterocycles. The largest absolute Gasteiger partial charge is 0.361 e. The number of aromatic amines is 1. The van der Waals surface area contributed by atoms with E-state index in [-0.39, 0.29) is 17.7 Å². The third kappa shape index (κ3) is 7.24. The van der Waals surface area contributed by atoms with Gasteiger partial charge in [-0.05, 0) is 79.9 Å². The quantitative estimate of drug-likeness (QED) is 0.298. The van der Waals surface area contributed by atoms with E-state index < -0.39 is 6.04 Å². The summed E-state index contributed by atoms with van der Waals surface area (Å²) in [4.78, 5) is 35.4. The zero-order valence-electron chi connectivity index (χ0n) is 25.8. The summed E-state index contributed by atoms with van der Waals surface area (Å²) in [6.45, 7) is 11.4. The molecule has 1 aromatic heterocycles. The van der Waals surface area contributed by atoms with Crippen molar-refractivity contribution in [3.63, 3.8) is 0 Å². The van der Waals surface area contributed by atoms with Gasteiger partial charge in [0.2, 0.25) is 11.8 Å². The molecule has 2 unspecified atom stereocenters. The molecule has 226 valence electrons. The molecule has 0 aliphatic carbocycles. The number of piperidine rings is 2. The topological polar surface area (TPSA) is 80.5 Å². The van der Waals surface area contributed by atoms with Gasteiger partial charge in [0, 0.05) is 48.7 Å². The second-order valence-electron chi connectivity index (χ2n) is 12.3. The van der Waals surface area contributed by atoms with Crippen LogP contribution in [0.1, 0.15) is 81.0 Å². The number of nitrogens with zero attached hydrogens (tertiary/aromatic N) is 2. The van der Waals surface area contributed by atoms with Crippen molar-refractivity contribution in [3.05, 3.63) is 70.9 Å². The maximum absolute atomic E-state index is 13.8. The highest BCUT2D eigenvalue weighted by atomic mass is 16.2. The molecule has 0 spiro atoms. The molecule has 2 aromatic carbocycles. The summed E-state index contributed by atoms with van der Waals surface area (Å²) in [5, 5.41) is 7.38. The number of benzene rings is 2. The van der Waals surface area contributed by atoms with Gasteiger partial charge in [-0.2, -0.15) is 0 Å². The van der Waals surface area contributed by atoms with Gasteiger partial charge in [0.15, 0.2) is 0 Å². The number of aromatic nitrogens is 1. The molecule has 3 aromatic rings. The Hall–Kier alpha value is -3.16. The van der Waals surface area contributed by atoms with E-state index in [2.05, 4.69) is 63.5 Å². The highest BCUT2D eigenvalue weighted by Crippen LogP contribution is 2.28. The molecule has 3 N–H and O–H groups in total. The number of nitrogens with one attached hydrogen (secondary N) is 3. The fourth-order valence-corrected chi connectivity index (χ4v) is 6.98. The maximum atomic E-state index is 13.8. The van der Waals surface area contributed by atoms with Gasteiger partial charge < -0.3 is 20.5 Å². The van der Waals surface area contributed by atoms with Crippen LogP contribution >= 0.6 is 0 Å². The molecule has 2 saturated heterocycles. The minimum Gasteiger partial charge on any atom is -0.361 e. The van der Waals surface area contributed by atoms with Crippen molar-refractivity contribution in [3.8, 4) is 0 Å². The number of aryl methyl sites for hydroxylation is 2. The van der Waals surface area contributed by atoms with Crippen LogP contribution in [0.2, 0.25) is 0 Å². The SMILES string of the molecule is CCc1ccc(CNC(=O)C(NC(=O)CN2CCC(N3CCCCC3)CC2)C(C)c2c[nH]c3ccccc23)cc1CC. The molecule has 2 atom stereocenters. The number of amides is 2. The van der Waals surface area contributed by atoms with Crippen molar-refractivity contribution < 1.29 is 9.59 Å². The maximum Gasteiger partial charge on any atom is 0.243 e. The van der Waals surface area contributed by atoms with E-state index in [4.69, 9.17) is 0 Å². The Kier molecular flexibility index (Phi) is 10.3. The first kappa shape index (κ1) is 30.3. The lowest BCUT2D eigenvalue weighted by Crippen LogP contribution is -2.53. The first-order valence-electron chi connectivity index (χ1n) is 16.2. The molecule has 0 bridgehead atoms. The normalized spacial score (nSPS) is 18.5. The molecular formula is C35H49N5O2. The Morgan fingerprint density at radius 3 is 2.43 bits per heavy atom. The van der Waals surface area contributed by atoms with E-state index in [1.165, 1.54) is 43.5 Å². The number of H-pyrrole nitrogens is 1. The fraction of sp³-hybridized carbons (Fsp3) is 0.543.